The number of amides is 1. The molecule has 1 amide bonds. The minimum absolute atomic E-state index is 0.136. The number of pyridine rings is 1. The molecule has 0 unspecified atom stereocenters. The lowest BCUT2D eigenvalue weighted by atomic mass is 10.1. The van der Waals surface area contributed by atoms with Gasteiger partial charge in [0.05, 0.1) is 0 Å². The van der Waals surface area contributed by atoms with Gasteiger partial charge in [-0.3, -0.25) is 9.59 Å². The molecule has 2 aromatic heterocycles. The van der Waals surface area contributed by atoms with Crippen molar-refractivity contribution >= 4 is 11.9 Å². The van der Waals surface area contributed by atoms with E-state index in [1.165, 1.54) is 0 Å². The molecule has 116 valence electrons. The second-order valence-corrected chi connectivity index (χ2v) is 4.97. The third kappa shape index (κ3) is 4.41. The lowest BCUT2D eigenvalue weighted by Gasteiger charge is -2.08. The first-order chi connectivity index (χ1) is 10.6. The Morgan fingerprint density at radius 1 is 1.27 bits per heavy atom. The highest BCUT2D eigenvalue weighted by Crippen LogP contribution is 2.03. The van der Waals surface area contributed by atoms with Crippen molar-refractivity contribution in [2.24, 2.45) is 0 Å². The third-order valence-corrected chi connectivity index (χ3v) is 3.16. The minimum atomic E-state index is -0.159. The van der Waals surface area contributed by atoms with Crippen LogP contribution in [0.3, 0.4) is 0 Å². The van der Waals surface area contributed by atoms with Crippen LogP contribution in [0.4, 0.5) is 5.95 Å². The van der Waals surface area contributed by atoms with Gasteiger partial charge in [-0.25, -0.2) is 9.97 Å². The summed E-state index contributed by atoms with van der Waals surface area (Å²) in [5.74, 6) is 0.351. The lowest BCUT2D eigenvalue weighted by molar-refractivity contribution is -0.121. The van der Waals surface area contributed by atoms with E-state index in [-0.39, 0.29) is 24.4 Å². The van der Waals surface area contributed by atoms with E-state index in [1.807, 2.05) is 19.9 Å². The standard InChI is InChI=1S/C15H19N5O2/c1-10-8-11(2)20-14(22)12(10)9-19-13(21)4-7-18-15-16-5-3-6-17-15/h3,5-6,8H,4,7,9H2,1-2H3,(H,19,21)(H,20,22)(H,16,17,18). The van der Waals surface area contributed by atoms with Crippen molar-refractivity contribution in [1.82, 2.24) is 20.3 Å². The first-order valence-electron chi connectivity index (χ1n) is 7.03. The fourth-order valence-corrected chi connectivity index (χ4v) is 2.05. The van der Waals surface area contributed by atoms with Gasteiger partial charge in [-0.1, -0.05) is 0 Å². The number of H-pyrrole nitrogens is 1. The van der Waals surface area contributed by atoms with E-state index in [1.54, 1.807) is 18.5 Å². The number of aromatic nitrogens is 3. The Bertz CT molecular complexity index is 697. The van der Waals surface area contributed by atoms with Crippen LogP contribution in [0.15, 0.2) is 29.3 Å². The predicted molar refractivity (Wildman–Crippen MR) is 83.5 cm³/mol. The van der Waals surface area contributed by atoms with Gasteiger partial charge in [0, 0.05) is 43.2 Å². The average molecular weight is 301 g/mol. The van der Waals surface area contributed by atoms with Crippen molar-refractivity contribution in [1.29, 1.82) is 0 Å². The van der Waals surface area contributed by atoms with Crippen LogP contribution in [0.5, 0.6) is 0 Å². The van der Waals surface area contributed by atoms with E-state index in [0.29, 0.717) is 18.1 Å². The Morgan fingerprint density at radius 3 is 2.68 bits per heavy atom. The zero-order valence-electron chi connectivity index (χ0n) is 12.6. The number of nitrogens with zero attached hydrogens (tertiary/aromatic N) is 2. The summed E-state index contributed by atoms with van der Waals surface area (Å²) in [6.07, 6.45) is 3.53. The molecule has 7 heteroatoms. The zero-order valence-corrected chi connectivity index (χ0v) is 12.6. The van der Waals surface area contributed by atoms with E-state index in [0.717, 1.165) is 11.3 Å². The highest BCUT2D eigenvalue weighted by Gasteiger charge is 2.07. The average Bonchev–Trinajstić information content (AvgIpc) is 2.47. The molecule has 0 saturated carbocycles. The maximum absolute atomic E-state index is 11.8. The summed E-state index contributed by atoms with van der Waals surface area (Å²) in [6, 6.07) is 3.61. The molecule has 0 spiro atoms. The van der Waals surface area contributed by atoms with Gasteiger partial charge >= 0.3 is 0 Å². The minimum Gasteiger partial charge on any atom is -0.354 e. The second kappa shape index (κ2) is 7.35. The summed E-state index contributed by atoms with van der Waals surface area (Å²) in [5.41, 5.74) is 2.11. The normalized spacial score (nSPS) is 10.3. The van der Waals surface area contributed by atoms with Crippen LogP contribution in [0.2, 0.25) is 0 Å². The van der Waals surface area contributed by atoms with Gasteiger partial charge in [-0.15, -0.1) is 0 Å². The molecule has 0 aliphatic heterocycles. The number of nitrogens with one attached hydrogen (secondary N) is 3. The SMILES string of the molecule is Cc1cc(C)c(CNC(=O)CCNc2ncccn2)c(=O)[nH]1. The maximum atomic E-state index is 11.8. The molecular weight excluding hydrogens is 282 g/mol. The molecule has 0 saturated heterocycles. The zero-order chi connectivity index (χ0) is 15.9. The van der Waals surface area contributed by atoms with Crippen LogP contribution in [0.1, 0.15) is 23.2 Å². The summed E-state index contributed by atoms with van der Waals surface area (Å²) in [5, 5.41) is 5.70. The Morgan fingerprint density at radius 2 is 2.00 bits per heavy atom. The van der Waals surface area contributed by atoms with Crippen molar-refractivity contribution in [2.75, 3.05) is 11.9 Å². The molecule has 0 aliphatic carbocycles. The van der Waals surface area contributed by atoms with E-state index >= 15 is 0 Å². The van der Waals surface area contributed by atoms with Crippen molar-refractivity contribution in [3.8, 4) is 0 Å². The Labute approximate surface area is 128 Å². The van der Waals surface area contributed by atoms with Gasteiger partial charge < -0.3 is 15.6 Å². The van der Waals surface area contributed by atoms with Crippen molar-refractivity contribution in [2.45, 2.75) is 26.8 Å². The number of hydrogen-bond acceptors (Lipinski definition) is 5. The molecule has 0 fully saturated rings. The van der Waals surface area contributed by atoms with Gasteiger partial charge in [-0.05, 0) is 31.5 Å². The lowest BCUT2D eigenvalue weighted by Crippen LogP contribution is -2.29. The fourth-order valence-electron chi connectivity index (χ4n) is 2.05. The Balaban J connectivity index is 1.80. The predicted octanol–water partition coefficient (Wildman–Crippen LogP) is 0.900. The summed E-state index contributed by atoms with van der Waals surface area (Å²) >= 11 is 0. The third-order valence-electron chi connectivity index (χ3n) is 3.16. The maximum Gasteiger partial charge on any atom is 0.253 e. The molecule has 0 radical (unpaired) electrons. The second-order valence-electron chi connectivity index (χ2n) is 4.97. The first kappa shape index (κ1) is 15.7. The molecule has 0 atom stereocenters. The monoisotopic (exact) mass is 301 g/mol. The largest absolute Gasteiger partial charge is 0.354 e. The van der Waals surface area contributed by atoms with E-state index in [9.17, 15) is 9.59 Å². The van der Waals surface area contributed by atoms with Crippen molar-refractivity contribution in [3.63, 3.8) is 0 Å². The number of aryl methyl sites for hydroxylation is 2. The Kier molecular flexibility index (Phi) is 5.24. The summed E-state index contributed by atoms with van der Waals surface area (Å²) in [6.45, 7) is 4.34. The number of hydrogen-bond donors (Lipinski definition) is 3. The number of anilines is 1. The van der Waals surface area contributed by atoms with Gasteiger partial charge in [-0.2, -0.15) is 0 Å². The van der Waals surface area contributed by atoms with Gasteiger partial charge in [0.2, 0.25) is 11.9 Å². The van der Waals surface area contributed by atoms with Crippen LogP contribution in [-0.2, 0) is 11.3 Å². The summed E-state index contributed by atoms with van der Waals surface area (Å²) in [4.78, 5) is 34.4. The summed E-state index contributed by atoms with van der Waals surface area (Å²) in [7, 11) is 0. The number of aromatic amines is 1. The highest BCUT2D eigenvalue weighted by molar-refractivity contribution is 5.76. The smallest absolute Gasteiger partial charge is 0.253 e. The van der Waals surface area contributed by atoms with Crippen LogP contribution >= 0.6 is 0 Å². The molecule has 2 rings (SSSR count). The highest BCUT2D eigenvalue weighted by atomic mass is 16.1. The van der Waals surface area contributed by atoms with Crippen LogP contribution in [-0.4, -0.2) is 27.4 Å². The van der Waals surface area contributed by atoms with Crippen molar-refractivity contribution in [3.05, 3.63) is 51.7 Å². The number of rotatable bonds is 6. The number of carbonyl (C=O) groups excluding carboxylic acids is 1. The molecule has 7 nitrogen and oxygen atoms in total. The van der Waals surface area contributed by atoms with E-state index in [4.69, 9.17) is 0 Å². The molecular formula is C15H19N5O2. The first-order valence-corrected chi connectivity index (χ1v) is 7.03. The number of carbonyl (C=O) groups is 1. The molecule has 3 N–H and O–H groups in total. The molecule has 0 aromatic carbocycles. The molecule has 2 heterocycles. The molecule has 2 aromatic rings. The van der Waals surface area contributed by atoms with Crippen LogP contribution < -0.4 is 16.2 Å². The fraction of sp³-hybridized carbons (Fsp3) is 0.333. The van der Waals surface area contributed by atoms with E-state index < -0.39 is 0 Å². The molecule has 0 aliphatic rings. The van der Waals surface area contributed by atoms with Gasteiger partial charge in [0.15, 0.2) is 0 Å². The van der Waals surface area contributed by atoms with Gasteiger partial charge in [0.25, 0.3) is 5.56 Å². The van der Waals surface area contributed by atoms with E-state index in [2.05, 4.69) is 25.6 Å². The topological polar surface area (TPSA) is 99.8 Å². The van der Waals surface area contributed by atoms with Crippen LogP contribution in [0.25, 0.3) is 0 Å². The summed E-state index contributed by atoms with van der Waals surface area (Å²) < 4.78 is 0. The van der Waals surface area contributed by atoms with Crippen molar-refractivity contribution < 1.29 is 4.79 Å². The molecule has 0 bridgehead atoms. The Hall–Kier alpha value is -2.70. The quantitative estimate of drug-likeness (QED) is 0.736. The van der Waals surface area contributed by atoms with Crippen LogP contribution in [0, 0.1) is 13.8 Å². The van der Waals surface area contributed by atoms with Gasteiger partial charge in [0.1, 0.15) is 0 Å². The molecule has 22 heavy (non-hydrogen) atoms.